The SMILES string of the molecule is C1#CCNCC#CCCC1. The molecule has 0 spiro atoms. The number of hydrogen-bond acceptors (Lipinski definition) is 1. The first-order chi connectivity index (χ1) is 5.00. The zero-order valence-electron chi connectivity index (χ0n) is 6.04. The molecule has 0 aromatic rings. The van der Waals surface area contributed by atoms with Crippen LogP contribution in [0.1, 0.15) is 19.3 Å². The zero-order valence-corrected chi connectivity index (χ0v) is 6.04. The van der Waals surface area contributed by atoms with Crippen molar-refractivity contribution in [2.75, 3.05) is 13.1 Å². The van der Waals surface area contributed by atoms with Crippen molar-refractivity contribution < 1.29 is 0 Å². The Morgan fingerprint density at radius 2 is 1.40 bits per heavy atom. The van der Waals surface area contributed by atoms with E-state index in [1.807, 2.05) is 0 Å². The van der Waals surface area contributed by atoms with E-state index in [0.29, 0.717) is 0 Å². The van der Waals surface area contributed by atoms with E-state index in [1.54, 1.807) is 0 Å². The Hall–Kier alpha value is -0.920. The summed E-state index contributed by atoms with van der Waals surface area (Å²) < 4.78 is 0. The summed E-state index contributed by atoms with van der Waals surface area (Å²) in [6.45, 7) is 1.57. The molecule has 0 saturated carbocycles. The predicted octanol–water partition coefficient (Wildman–Crippen LogP) is 0.767. The molecule has 0 unspecified atom stereocenters. The first kappa shape index (κ1) is 7.19. The van der Waals surface area contributed by atoms with Crippen LogP contribution in [0.25, 0.3) is 0 Å². The topological polar surface area (TPSA) is 12.0 Å². The Balaban J connectivity index is 2.31. The first-order valence-electron chi connectivity index (χ1n) is 3.62. The summed E-state index contributed by atoms with van der Waals surface area (Å²) in [6.07, 6.45) is 3.12. The fourth-order valence-electron chi connectivity index (χ4n) is 0.754. The van der Waals surface area contributed by atoms with Gasteiger partial charge in [-0.1, -0.05) is 11.8 Å². The lowest BCUT2D eigenvalue weighted by Crippen LogP contribution is -2.13. The molecule has 10 heavy (non-hydrogen) atoms. The van der Waals surface area contributed by atoms with Crippen LogP contribution in [0.3, 0.4) is 0 Å². The fraction of sp³-hybridized carbons (Fsp3) is 0.556. The van der Waals surface area contributed by atoms with Crippen LogP contribution in [-0.2, 0) is 0 Å². The van der Waals surface area contributed by atoms with E-state index < -0.39 is 0 Å². The van der Waals surface area contributed by atoms with Crippen LogP contribution in [0.4, 0.5) is 0 Å². The highest BCUT2D eigenvalue weighted by Crippen LogP contribution is 1.91. The third-order valence-electron chi connectivity index (χ3n) is 1.28. The molecule has 0 amide bonds. The standard InChI is InChI=1S/C9H11N/c1-2-4-6-8-10-9-7-5-3-1/h10H,1-3,8-9H2. The number of nitrogens with one attached hydrogen (secondary N) is 1. The molecule has 0 radical (unpaired) electrons. The highest BCUT2D eigenvalue weighted by molar-refractivity contribution is 5.06. The lowest BCUT2D eigenvalue weighted by molar-refractivity contribution is 0.853. The molecule has 0 fully saturated rings. The van der Waals surface area contributed by atoms with Crippen LogP contribution in [0.5, 0.6) is 0 Å². The monoisotopic (exact) mass is 133 g/mol. The molecule has 1 heteroatoms. The van der Waals surface area contributed by atoms with E-state index in [9.17, 15) is 0 Å². The van der Waals surface area contributed by atoms with Crippen molar-refractivity contribution in [2.24, 2.45) is 0 Å². The van der Waals surface area contributed by atoms with Gasteiger partial charge in [-0.15, -0.1) is 11.8 Å². The van der Waals surface area contributed by atoms with E-state index in [0.717, 1.165) is 32.4 Å². The second-order valence-electron chi connectivity index (χ2n) is 2.16. The molecular formula is C9H11N. The van der Waals surface area contributed by atoms with Gasteiger partial charge in [-0.05, 0) is 6.42 Å². The van der Waals surface area contributed by atoms with Crippen molar-refractivity contribution in [3.05, 3.63) is 0 Å². The summed E-state index contributed by atoms with van der Waals surface area (Å²) in [6, 6.07) is 0. The minimum absolute atomic E-state index is 0.786. The Kier molecular flexibility index (Phi) is 3.53. The van der Waals surface area contributed by atoms with Gasteiger partial charge in [0.25, 0.3) is 0 Å². The zero-order chi connectivity index (χ0) is 7.07. The predicted molar refractivity (Wildman–Crippen MR) is 42.3 cm³/mol. The van der Waals surface area contributed by atoms with Crippen molar-refractivity contribution in [2.45, 2.75) is 19.3 Å². The average Bonchev–Trinajstić information content (AvgIpc) is 2.01. The molecule has 1 rings (SSSR count). The van der Waals surface area contributed by atoms with Gasteiger partial charge in [-0.25, -0.2) is 0 Å². The van der Waals surface area contributed by atoms with Gasteiger partial charge in [0.2, 0.25) is 0 Å². The minimum Gasteiger partial charge on any atom is -0.295 e. The van der Waals surface area contributed by atoms with Gasteiger partial charge in [-0.3, -0.25) is 5.32 Å². The van der Waals surface area contributed by atoms with Crippen LogP contribution < -0.4 is 5.32 Å². The van der Waals surface area contributed by atoms with Crippen molar-refractivity contribution >= 4 is 0 Å². The number of hydrogen-bond donors (Lipinski definition) is 1. The van der Waals surface area contributed by atoms with Crippen molar-refractivity contribution in [1.29, 1.82) is 0 Å². The first-order valence-corrected chi connectivity index (χ1v) is 3.62. The normalized spacial score (nSPS) is 17.6. The Morgan fingerprint density at radius 3 is 2.00 bits per heavy atom. The summed E-state index contributed by atoms with van der Waals surface area (Å²) in [7, 11) is 0. The van der Waals surface area contributed by atoms with Crippen LogP contribution >= 0.6 is 0 Å². The van der Waals surface area contributed by atoms with Gasteiger partial charge in [-0.2, -0.15) is 0 Å². The molecular weight excluding hydrogens is 122 g/mol. The van der Waals surface area contributed by atoms with Crippen LogP contribution in [0.15, 0.2) is 0 Å². The van der Waals surface area contributed by atoms with Crippen LogP contribution in [0.2, 0.25) is 0 Å². The second kappa shape index (κ2) is 4.91. The molecule has 1 aliphatic heterocycles. The molecule has 1 N–H and O–H groups in total. The van der Waals surface area contributed by atoms with E-state index in [-0.39, 0.29) is 0 Å². The Labute approximate surface area is 62.2 Å². The maximum atomic E-state index is 3.11. The fourth-order valence-corrected chi connectivity index (χ4v) is 0.754. The summed E-state index contributed by atoms with van der Waals surface area (Å²) in [4.78, 5) is 0. The van der Waals surface area contributed by atoms with Gasteiger partial charge in [0, 0.05) is 12.8 Å². The largest absolute Gasteiger partial charge is 0.295 e. The maximum absolute atomic E-state index is 3.11. The third kappa shape index (κ3) is 3.17. The molecule has 0 saturated heterocycles. The average molecular weight is 133 g/mol. The van der Waals surface area contributed by atoms with Gasteiger partial charge < -0.3 is 0 Å². The summed E-state index contributed by atoms with van der Waals surface area (Å²) in [5.74, 6) is 12.2. The molecule has 1 aliphatic rings. The Morgan fingerprint density at radius 1 is 0.800 bits per heavy atom. The van der Waals surface area contributed by atoms with Crippen molar-refractivity contribution in [1.82, 2.24) is 5.32 Å². The lowest BCUT2D eigenvalue weighted by atomic mass is 10.2. The van der Waals surface area contributed by atoms with E-state index in [4.69, 9.17) is 0 Å². The van der Waals surface area contributed by atoms with Gasteiger partial charge in [0.1, 0.15) is 0 Å². The third-order valence-corrected chi connectivity index (χ3v) is 1.28. The Bertz CT molecular complexity index is 156. The molecule has 0 aromatic heterocycles. The van der Waals surface area contributed by atoms with E-state index in [2.05, 4.69) is 29.0 Å². The summed E-state index contributed by atoms with van der Waals surface area (Å²) >= 11 is 0. The summed E-state index contributed by atoms with van der Waals surface area (Å²) in [5.41, 5.74) is 0. The van der Waals surface area contributed by atoms with Crippen LogP contribution in [0, 0.1) is 23.7 Å². The maximum Gasteiger partial charge on any atom is 0.0583 e. The molecule has 1 heterocycles. The minimum atomic E-state index is 0.786. The van der Waals surface area contributed by atoms with Crippen molar-refractivity contribution in [3.8, 4) is 23.7 Å². The van der Waals surface area contributed by atoms with Gasteiger partial charge in [0.15, 0.2) is 0 Å². The van der Waals surface area contributed by atoms with E-state index >= 15 is 0 Å². The highest BCUT2D eigenvalue weighted by atomic mass is 14.8. The van der Waals surface area contributed by atoms with Gasteiger partial charge >= 0.3 is 0 Å². The quantitative estimate of drug-likeness (QED) is 0.481. The highest BCUT2D eigenvalue weighted by Gasteiger charge is 1.82. The molecule has 0 aliphatic carbocycles. The van der Waals surface area contributed by atoms with Crippen molar-refractivity contribution in [3.63, 3.8) is 0 Å². The molecule has 0 bridgehead atoms. The molecule has 0 atom stereocenters. The second-order valence-corrected chi connectivity index (χ2v) is 2.16. The van der Waals surface area contributed by atoms with Gasteiger partial charge in [0.05, 0.1) is 13.1 Å². The molecule has 0 aromatic carbocycles. The van der Waals surface area contributed by atoms with E-state index in [1.165, 1.54) is 0 Å². The summed E-state index contributed by atoms with van der Waals surface area (Å²) in [5, 5.41) is 3.11. The molecule has 52 valence electrons. The lowest BCUT2D eigenvalue weighted by Gasteiger charge is -1.92. The molecule has 1 nitrogen and oxygen atoms in total. The van der Waals surface area contributed by atoms with Crippen LogP contribution in [-0.4, -0.2) is 13.1 Å². The smallest absolute Gasteiger partial charge is 0.0583 e. The number of rotatable bonds is 0.